The van der Waals surface area contributed by atoms with Crippen molar-refractivity contribution in [3.63, 3.8) is 0 Å². The van der Waals surface area contributed by atoms with E-state index in [1.165, 1.54) is 18.3 Å². The molecule has 2 heterocycles. The quantitative estimate of drug-likeness (QED) is 0.855. The Balaban J connectivity index is 1.99. The lowest BCUT2D eigenvalue weighted by Gasteiger charge is -2.05. The molecular formula is C14H19N5O2. The Morgan fingerprint density at radius 1 is 0.857 bits per heavy atom. The van der Waals surface area contributed by atoms with E-state index in [0.717, 1.165) is 0 Å². The van der Waals surface area contributed by atoms with E-state index < -0.39 is 0 Å². The zero-order valence-electron chi connectivity index (χ0n) is 12.1. The van der Waals surface area contributed by atoms with Gasteiger partial charge in [-0.3, -0.25) is 23.6 Å². The molecule has 0 aliphatic heterocycles. The summed E-state index contributed by atoms with van der Waals surface area (Å²) in [6.07, 6.45) is 13.8. The van der Waals surface area contributed by atoms with Gasteiger partial charge in [-0.2, -0.15) is 0 Å². The van der Waals surface area contributed by atoms with Crippen molar-refractivity contribution in [1.29, 1.82) is 0 Å². The molecule has 0 aromatic carbocycles. The Morgan fingerprint density at radius 3 is 1.67 bits per heavy atom. The average Bonchev–Trinajstić information content (AvgIpc) is 2.99. The van der Waals surface area contributed by atoms with Crippen LogP contribution in [0.3, 0.4) is 0 Å². The van der Waals surface area contributed by atoms with Crippen molar-refractivity contribution in [2.45, 2.75) is 27.2 Å². The molecular weight excluding hydrogens is 270 g/mol. The summed E-state index contributed by atoms with van der Waals surface area (Å²) in [5.74, 6) is 0. The summed E-state index contributed by atoms with van der Waals surface area (Å²) < 4.78 is 6.06. The number of rotatable bonds is 6. The molecule has 0 radical (unpaired) electrons. The minimum Gasteiger partial charge on any atom is -0.286 e. The zero-order valence-corrected chi connectivity index (χ0v) is 12.1. The van der Waals surface area contributed by atoms with Gasteiger partial charge >= 0.3 is 11.4 Å². The predicted molar refractivity (Wildman–Crippen MR) is 82.5 cm³/mol. The van der Waals surface area contributed by atoms with Gasteiger partial charge in [-0.05, 0) is 13.8 Å². The second kappa shape index (κ2) is 6.76. The summed E-state index contributed by atoms with van der Waals surface area (Å²) in [5, 5.41) is 3.06. The molecule has 0 spiro atoms. The molecule has 2 rings (SSSR count). The first-order valence-corrected chi connectivity index (χ1v) is 6.68. The monoisotopic (exact) mass is 289 g/mol. The lowest BCUT2D eigenvalue weighted by Crippen LogP contribution is -2.32. The highest BCUT2D eigenvalue weighted by molar-refractivity contribution is 5.20. The van der Waals surface area contributed by atoms with Gasteiger partial charge in [0.15, 0.2) is 0 Å². The largest absolute Gasteiger partial charge is 0.333 e. The van der Waals surface area contributed by atoms with Gasteiger partial charge < -0.3 is 0 Å². The number of nitrogens with zero attached hydrogens (tertiary/aromatic N) is 4. The third-order valence-corrected chi connectivity index (χ3v) is 2.93. The van der Waals surface area contributed by atoms with Crippen LogP contribution in [0.5, 0.6) is 0 Å². The van der Waals surface area contributed by atoms with Crippen LogP contribution in [-0.4, -0.2) is 18.3 Å². The van der Waals surface area contributed by atoms with Gasteiger partial charge in [0, 0.05) is 37.2 Å². The van der Waals surface area contributed by atoms with Gasteiger partial charge in [0.05, 0.1) is 13.3 Å². The van der Waals surface area contributed by atoms with Crippen molar-refractivity contribution in [1.82, 2.24) is 23.6 Å². The minimum atomic E-state index is -0.126. The van der Waals surface area contributed by atoms with Crippen LogP contribution in [0.2, 0.25) is 0 Å². The van der Waals surface area contributed by atoms with Crippen molar-refractivity contribution in [2.24, 2.45) is 0 Å². The maximum atomic E-state index is 11.9. The number of hydrogen-bond acceptors (Lipinski definition) is 3. The summed E-state index contributed by atoms with van der Waals surface area (Å²) in [6, 6.07) is 0. The van der Waals surface area contributed by atoms with Gasteiger partial charge in [-0.25, -0.2) is 9.59 Å². The van der Waals surface area contributed by atoms with Crippen molar-refractivity contribution in [3.05, 3.63) is 57.9 Å². The first-order valence-electron chi connectivity index (χ1n) is 6.68. The lowest BCUT2D eigenvalue weighted by atomic mass is 10.7. The minimum absolute atomic E-state index is 0.126. The van der Waals surface area contributed by atoms with E-state index in [2.05, 4.69) is 5.32 Å². The first kappa shape index (κ1) is 14.9. The average molecular weight is 289 g/mol. The van der Waals surface area contributed by atoms with Crippen LogP contribution in [-0.2, 0) is 13.3 Å². The molecule has 1 N–H and O–H groups in total. The topological polar surface area (TPSA) is 65.9 Å². The van der Waals surface area contributed by atoms with Crippen LogP contribution in [0.1, 0.15) is 13.8 Å². The standard InChI is InChI=1S/C14H19N5O2/c1-3-5-16-7-9-18(13(16)20)11-15-12-19-10-8-17(6-4-2)14(19)21/h3-10,15H,11-12H2,1-2H3/b5-3+,6-4+. The molecule has 0 atom stereocenters. The zero-order chi connectivity index (χ0) is 15.2. The molecule has 2 aromatic heterocycles. The van der Waals surface area contributed by atoms with Crippen LogP contribution in [0.15, 0.2) is 46.5 Å². The Bertz CT molecular complexity index is 693. The normalized spacial score (nSPS) is 11.9. The summed E-state index contributed by atoms with van der Waals surface area (Å²) >= 11 is 0. The Hall–Kier alpha value is -2.54. The highest BCUT2D eigenvalue weighted by Gasteiger charge is 2.02. The highest BCUT2D eigenvalue weighted by Crippen LogP contribution is 1.88. The molecule has 0 aliphatic rings. The van der Waals surface area contributed by atoms with Crippen LogP contribution < -0.4 is 16.7 Å². The maximum Gasteiger partial charge on any atom is 0.333 e. The molecule has 2 aromatic rings. The molecule has 7 heteroatoms. The van der Waals surface area contributed by atoms with E-state index in [-0.39, 0.29) is 11.4 Å². The molecule has 0 bridgehead atoms. The molecule has 112 valence electrons. The fraction of sp³-hybridized carbons (Fsp3) is 0.286. The van der Waals surface area contributed by atoms with Gasteiger partial charge in [-0.1, -0.05) is 12.2 Å². The number of allylic oxidation sites excluding steroid dienone is 2. The third-order valence-electron chi connectivity index (χ3n) is 2.93. The second-order valence-electron chi connectivity index (χ2n) is 4.45. The van der Waals surface area contributed by atoms with Crippen LogP contribution >= 0.6 is 0 Å². The number of nitrogens with one attached hydrogen (secondary N) is 1. The van der Waals surface area contributed by atoms with Gasteiger partial charge in [0.2, 0.25) is 0 Å². The molecule has 21 heavy (non-hydrogen) atoms. The van der Waals surface area contributed by atoms with E-state index in [1.807, 2.05) is 13.8 Å². The van der Waals surface area contributed by atoms with E-state index in [4.69, 9.17) is 0 Å². The van der Waals surface area contributed by atoms with E-state index in [1.54, 1.807) is 49.3 Å². The summed E-state index contributed by atoms with van der Waals surface area (Å²) in [7, 11) is 0. The van der Waals surface area contributed by atoms with Crippen molar-refractivity contribution >= 4 is 12.4 Å². The molecule has 7 nitrogen and oxygen atoms in total. The molecule has 0 amide bonds. The van der Waals surface area contributed by atoms with Crippen molar-refractivity contribution < 1.29 is 0 Å². The molecule has 0 saturated heterocycles. The fourth-order valence-corrected chi connectivity index (χ4v) is 1.94. The Labute approximate surface area is 122 Å². The van der Waals surface area contributed by atoms with Crippen LogP contribution in [0, 0.1) is 0 Å². The number of hydrogen-bond donors (Lipinski definition) is 1. The SMILES string of the molecule is C/C=C/n1ccn(CNCn2ccn(/C=C/C)c2=O)c1=O. The molecule has 0 aliphatic carbocycles. The van der Waals surface area contributed by atoms with Gasteiger partial charge in [-0.15, -0.1) is 0 Å². The number of imidazole rings is 2. The van der Waals surface area contributed by atoms with Gasteiger partial charge in [0.1, 0.15) is 0 Å². The summed E-state index contributed by atoms with van der Waals surface area (Å²) in [5.41, 5.74) is -0.251. The Kier molecular flexibility index (Phi) is 4.78. The molecule has 0 fully saturated rings. The summed E-state index contributed by atoms with van der Waals surface area (Å²) in [6.45, 7) is 4.38. The second-order valence-corrected chi connectivity index (χ2v) is 4.45. The van der Waals surface area contributed by atoms with E-state index in [0.29, 0.717) is 13.3 Å². The predicted octanol–water partition coefficient (Wildman–Crippen LogP) is 0.799. The van der Waals surface area contributed by atoms with Crippen LogP contribution in [0.25, 0.3) is 12.4 Å². The van der Waals surface area contributed by atoms with E-state index >= 15 is 0 Å². The van der Waals surface area contributed by atoms with Gasteiger partial charge in [0.25, 0.3) is 0 Å². The maximum absolute atomic E-state index is 11.9. The fourth-order valence-electron chi connectivity index (χ4n) is 1.94. The van der Waals surface area contributed by atoms with E-state index in [9.17, 15) is 9.59 Å². The first-order chi connectivity index (χ1) is 10.2. The molecule has 0 saturated carbocycles. The highest BCUT2D eigenvalue weighted by atomic mass is 16.2. The lowest BCUT2D eigenvalue weighted by molar-refractivity contribution is 0.467. The Morgan fingerprint density at radius 2 is 1.29 bits per heavy atom. The molecule has 0 unspecified atom stereocenters. The third kappa shape index (κ3) is 3.32. The van der Waals surface area contributed by atoms with Crippen molar-refractivity contribution in [3.8, 4) is 0 Å². The van der Waals surface area contributed by atoms with Crippen molar-refractivity contribution in [2.75, 3.05) is 0 Å². The number of aromatic nitrogens is 4. The van der Waals surface area contributed by atoms with Crippen LogP contribution in [0.4, 0.5) is 0 Å². The summed E-state index contributed by atoms with van der Waals surface area (Å²) in [4.78, 5) is 23.8. The smallest absolute Gasteiger partial charge is 0.286 e.